The molecule has 17 heavy (non-hydrogen) atoms. The zero-order valence-electron chi connectivity index (χ0n) is 9.98. The number of fused-ring (bicyclic) bond motifs is 1. The third-order valence-electron chi connectivity index (χ3n) is 2.40. The summed E-state index contributed by atoms with van der Waals surface area (Å²) in [4.78, 5) is 11.4. The van der Waals surface area contributed by atoms with E-state index >= 15 is 0 Å². The minimum atomic E-state index is -0.735. The zero-order chi connectivity index (χ0) is 12.4. The first-order chi connectivity index (χ1) is 8.15. The first kappa shape index (κ1) is 11.7. The molecule has 1 aromatic carbocycles. The minimum absolute atomic E-state index is 0.403. The number of ether oxygens (including phenoxy) is 4. The molecule has 1 aromatic rings. The summed E-state index contributed by atoms with van der Waals surface area (Å²) in [5.74, 6) is 0.708. The van der Waals surface area contributed by atoms with Gasteiger partial charge in [-0.15, -0.1) is 0 Å². The Morgan fingerprint density at radius 3 is 2.82 bits per heavy atom. The summed E-state index contributed by atoms with van der Waals surface area (Å²) in [7, 11) is 1.34. The lowest BCUT2D eigenvalue weighted by Gasteiger charge is -2.08. The van der Waals surface area contributed by atoms with Gasteiger partial charge in [-0.3, -0.25) is 0 Å². The second kappa shape index (κ2) is 4.63. The minimum Gasteiger partial charge on any atom is -0.465 e. The van der Waals surface area contributed by atoms with Crippen LogP contribution < -0.4 is 9.47 Å². The summed E-state index contributed by atoms with van der Waals surface area (Å²) >= 11 is 0. The van der Waals surface area contributed by atoms with Crippen LogP contribution in [0.3, 0.4) is 0 Å². The van der Waals surface area contributed by atoms with Crippen molar-refractivity contribution in [2.75, 3.05) is 13.7 Å². The van der Waals surface area contributed by atoms with E-state index in [1.807, 2.05) is 13.8 Å². The molecular formula is C12H14O5. The van der Waals surface area contributed by atoms with Crippen LogP contribution >= 0.6 is 0 Å². The van der Waals surface area contributed by atoms with E-state index in [1.54, 1.807) is 12.1 Å². The molecule has 1 atom stereocenters. The number of benzene rings is 1. The number of esters is 1. The van der Waals surface area contributed by atoms with Crippen molar-refractivity contribution in [2.45, 2.75) is 20.3 Å². The SMILES string of the molecule is CCOC1Oc2cc(C(=O)OC)cc(C)c2O1. The number of hydrogen-bond acceptors (Lipinski definition) is 5. The maximum atomic E-state index is 11.4. The number of aryl methyl sites for hydroxylation is 1. The molecule has 1 aliphatic rings. The Labute approximate surface area is 99.2 Å². The standard InChI is InChI=1S/C12H14O5/c1-4-15-12-16-9-6-8(11(13)14-3)5-7(2)10(9)17-12/h5-6,12H,4H2,1-3H3. The summed E-state index contributed by atoms with van der Waals surface area (Å²) in [6.07, 6.45) is 0. The van der Waals surface area contributed by atoms with Gasteiger partial charge in [0.15, 0.2) is 11.5 Å². The molecule has 0 radical (unpaired) electrons. The van der Waals surface area contributed by atoms with Crippen molar-refractivity contribution < 1.29 is 23.7 Å². The number of carbonyl (C=O) groups is 1. The van der Waals surface area contributed by atoms with Crippen molar-refractivity contribution in [3.05, 3.63) is 23.3 Å². The molecule has 0 fully saturated rings. The van der Waals surface area contributed by atoms with Crippen LogP contribution in [0.25, 0.3) is 0 Å². The van der Waals surface area contributed by atoms with Crippen LogP contribution in [-0.2, 0) is 9.47 Å². The van der Waals surface area contributed by atoms with Gasteiger partial charge in [0, 0.05) is 0 Å². The molecule has 5 heteroatoms. The molecule has 2 rings (SSSR count). The number of methoxy groups -OCH3 is 1. The van der Waals surface area contributed by atoms with E-state index in [-0.39, 0.29) is 0 Å². The van der Waals surface area contributed by atoms with Crippen molar-refractivity contribution in [3.63, 3.8) is 0 Å². The Balaban J connectivity index is 2.29. The van der Waals surface area contributed by atoms with Crippen molar-refractivity contribution >= 4 is 5.97 Å². The van der Waals surface area contributed by atoms with Crippen molar-refractivity contribution in [1.82, 2.24) is 0 Å². The lowest BCUT2D eigenvalue weighted by atomic mass is 10.1. The Kier molecular flexibility index (Phi) is 3.19. The van der Waals surface area contributed by atoms with Gasteiger partial charge in [-0.1, -0.05) is 0 Å². The summed E-state index contributed by atoms with van der Waals surface area (Å²) in [6.45, 7) is 3.44. The molecule has 0 bridgehead atoms. The van der Waals surface area contributed by atoms with E-state index in [1.165, 1.54) is 7.11 Å². The number of hydrogen-bond donors (Lipinski definition) is 0. The first-order valence-electron chi connectivity index (χ1n) is 5.33. The number of rotatable bonds is 3. The van der Waals surface area contributed by atoms with Gasteiger partial charge in [0.1, 0.15) is 0 Å². The molecule has 0 saturated heterocycles. The first-order valence-corrected chi connectivity index (χ1v) is 5.33. The van der Waals surface area contributed by atoms with E-state index in [9.17, 15) is 4.79 Å². The third kappa shape index (κ3) is 2.19. The summed E-state index contributed by atoms with van der Waals surface area (Å²) in [5, 5.41) is 0. The van der Waals surface area contributed by atoms with Gasteiger partial charge in [0.05, 0.1) is 19.3 Å². The predicted molar refractivity (Wildman–Crippen MR) is 59.2 cm³/mol. The highest BCUT2D eigenvalue weighted by Crippen LogP contribution is 2.39. The smallest absolute Gasteiger partial charge is 0.361 e. The largest absolute Gasteiger partial charge is 0.465 e. The second-order valence-electron chi connectivity index (χ2n) is 3.59. The highest BCUT2D eigenvalue weighted by atomic mass is 16.9. The van der Waals surface area contributed by atoms with Gasteiger partial charge in [-0.05, 0) is 31.5 Å². The Morgan fingerprint density at radius 1 is 1.41 bits per heavy atom. The van der Waals surface area contributed by atoms with Gasteiger partial charge < -0.3 is 18.9 Å². The molecule has 92 valence electrons. The Hall–Kier alpha value is -1.75. The molecule has 0 amide bonds. The normalized spacial score (nSPS) is 17.0. The molecule has 0 spiro atoms. The predicted octanol–water partition coefficient (Wildman–Crippen LogP) is 1.87. The van der Waals surface area contributed by atoms with Crippen molar-refractivity contribution in [1.29, 1.82) is 0 Å². The second-order valence-corrected chi connectivity index (χ2v) is 3.59. The van der Waals surface area contributed by atoms with Gasteiger partial charge in [0.2, 0.25) is 0 Å². The Morgan fingerprint density at radius 2 is 2.18 bits per heavy atom. The van der Waals surface area contributed by atoms with Crippen molar-refractivity contribution in [3.8, 4) is 11.5 Å². The highest BCUT2D eigenvalue weighted by Gasteiger charge is 2.27. The quantitative estimate of drug-likeness (QED) is 0.752. The van der Waals surface area contributed by atoms with E-state index in [2.05, 4.69) is 4.74 Å². The van der Waals surface area contributed by atoms with E-state index in [4.69, 9.17) is 14.2 Å². The van der Waals surface area contributed by atoms with E-state index in [0.29, 0.717) is 23.7 Å². The van der Waals surface area contributed by atoms with Gasteiger partial charge in [-0.2, -0.15) is 0 Å². The van der Waals surface area contributed by atoms with Crippen LogP contribution in [0, 0.1) is 6.92 Å². The molecule has 0 saturated carbocycles. The van der Waals surface area contributed by atoms with E-state index < -0.39 is 12.4 Å². The molecule has 1 heterocycles. The van der Waals surface area contributed by atoms with Crippen molar-refractivity contribution in [2.24, 2.45) is 0 Å². The van der Waals surface area contributed by atoms with Gasteiger partial charge >= 0.3 is 12.4 Å². The van der Waals surface area contributed by atoms with Crippen LogP contribution in [0.1, 0.15) is 22.8 Å². The summed E-state index contributed by atoms with van der Waals surface area (Å²) < 4.78 is 20.7. The Bertz CT molecular complexity index is 441. The fourth-order valence-electron chi connectivity index (χ4n) is 1.64. The monoisotopic (exact) mass is 238 g/mol. The molecule has 0 aliphatic carbocycles. The molecule has 0 N–H and O–H groups in total. The number of carbonyl (C=O) groups excluding carboxylic acids is 1. The van der Waals surface area contributed by atoms with E-state index in [0.717, 1.165) is 5.56 Å². The van der Waals surface area contributed by atoms with Gasteiger partial charge in [0.25, 0.3) is 0 Å². The van der Waals surface area contributed by atoms with Crippen LogP contribution in [0.5, 0.6) is 11.5 Å². The molecular weight excluding hydrogens is 224 g/mol. The molecule has 1 unspecified atom stereocenters. The van der Waals surface area contributed by atoms with Crippen LogP contribution in [0.15, 0.2) is 12.1 Å². The lowest BCUT2D eigenvalue weighted by Crippen LogP contribution is -2.21. The van der Waals surface area contributed by atoms with Crippen LogP contribution in [-0.4, -0.2) is 26.2 Å². The van der Waals surface area contributed by atoms with Gasteiger partial charge in [-0.25, -0.2) is 4.79 Å². The fraction of sp³-hybridized carbons (Fsp3) is 0.417. The fourth-order valence-corrected chi connectivity index (χ4v) is 1.64. The van der Waals surface area contributed by atoms with Crippen LogP contribution in [0.4, 0.5) is 0 Å². The lowest BCUT2D eigenvalue weighted by molar-refractivity contribution is -0.173. The average Bonchev–Trinajstić information content (AvgIpc) is 2.71. The molecule has 1 aliphatic heterocycles. The molecule has 0 aromatic heterocycles. The maximum absolute atomic E-state index is 11.4. The topological polar surface area (TPSA) is 54.0 Å². The van der Waals surface area contributed by atoms with Crippen LogP contribution in [0.2, 0.25) is 0 Å². The third-order valence-corrected chi connectivity index (χ3v) is 2.40. The summed E-state index contributed by atoms with van der Waals surface area (Å²) in [5.41, 5.74) is 1.25. The molecule has 5 nitrogen and oxygen atoms in total. The zero-order valence-corrected chi connectivity index (χ0v) is 9.98. The highest BCUT2D eigenvalue weighted by molar-refractivity contribution is 5.90. The maximum Gasteiger partial charge on any atom is 0.361 e. The average molecular weight is 238 g/mol. The summed E-state index contributed by atoms with van der Waals surface area (Å²) in [6, 6.07) is 3.29.